The number of aliphatic hydroxyl groups excluding tert-OH is 1. The van der Waals surface area contributed by atoms with Crippen LogP contribution in [0.4, 0.5) is 0 Å². The lowest BCUT2D eigenvalue weighted by molar-refractivity contribution is -0.134. The average molecular weight is 293 g/mol. The molecule has 1 fully saturated rings. The number of carbonyl (C=O) groups is 1. The number of hydrogen-bond acceptors (Lipinski definition) is 3. The van der Waals surface area contributed by atoms with Crippen molar-refractivity contribution in [3.8, 4) is 0 Å². The Morgan fingerprint density at radius 3 is 2.85 bits per heavy atom. The lowest BCUT2D eigenvalue weighted by Crippen LogP contribution is -2.44. The van der Waals surface area contributed by atoms with Gasteiger partial charge in [-0.2, -0.15) is 0 Å². The minimum atomic E-state index is 0.174. The second-order valence-electron chi connectivity index (χ2n) is 5.16. The van der Waals surface area contributed by atoms with Gasteiger partial charge in [0.2, 0.25) is 5.91 Å². The predicted octanol–water partition coefficient (Wildman–Crippen LogP) is 2.93. The Labute approximate surface area is 125 Å². The Bertz CT molecular complexity index is 408. The molecule has 1 saturated heterocycles. The van der Waals surface area contributed by atoms with Crippen molar-refractivity contribution in [1.29, 1.82) is 0 Å². The van der Waals surface area contributed by atoms with Crippen LogP contribution in [0.1, 0.15) is 32.1 Å². The van der Waals surface area contributed by atoms with E-state index in [0.29, 0.717) is 6.42 Å². The molecule has 2 rings (SSSR count). The zero-order valence-corrected chi connectivity index (χ0v) is 12.6. The maximum atomic E-state index is 12.3. The summed E-state index contributed by atoms with van der Waals surface area (Å²) in [5.74, 6) is 1.07. The fourth-order valence-corrected chi connectivity index (χ4v) is 3.56. The molecule has 3 nitrogen and oxygen atoms in total. The molecule has 1 N–H and O–H groups in total. The summed E-state index contributed by atoms with van der Waals surface area (Å²) >= 11 is 1.73. The SMILES string of the molecule is O=C(CCSc1ccccc1)N1CCCCC1CCO. The molecule has 4 heteroatoms. The number of piperidine rings is 1. The topological polar surface area (TPSA) is 40.5 Å². The Morgan fingerprint density at radius 1 is 1.30 bits per heavy atom. The van der Waals surface area contributed by atoms with E-state index >= 15 is 0 Å². The Kier molecular flexibility index (Phi) is 6.40. The fraction of sp³-hybridized carbons (Fsp3) is 0.562. The Morgan fingerprint density at radius 2 is 2.10 bits per heavy atom. The lowest BCUT2D eigenvalue weighted by atomic mass is 9.99. The van der Waals surface area contributed by atoms with Crippen LogP contribution in [-0.4, -0.2) is 40.9 Å². The van der Waals surface area contributed by atoms with Gasteiger partial charge < -0.3 is 10.0 Å². The minimum Gasteiger partial charge on any atom is -0.396 e. The van der Waals surface area contributed by atoms with Gasteiger partial charge in [-0.1, -0.05) is 18.2 Å². The first-order valence-electron chi connectivity index (χ1n) is 7.39. The first-order chi connectivity index (χ1) is 9.81. The first-order valence-corrected chi connectivity index (χ1v) is 8.38. The number of aliphatic hydroxyl groups is 1. The van der Waals surface area contributed by atoms with E-state index in [-0.39, 0.29) is 18.6 Å². The number of likely N-dealkylation sites (tertiary alicyclic amines) is 1. The molecule has 1 heterocycles. The largest absolute Gasteiger partial charge is 0.396 e. The molecule has 1 aliphatic heterocycles. The van der Waals surface area contributed by atoms with Crippen LogP contribution in [0.5, 0.6) is 0 Å². The van der Waals surface area contributed by atoms with Crippen molar-refractivity contribution in [2.45, 2.75) is 43.0 Å². The van der Waals surface area contributed by atoms with Crippen LogP contribution in [0.2, 0.25) is 0 Å². The summed E-state index contributed by atoms with van der Waals surface area (Å²) in [6, 6.07) is 10.4. The highest BCUT2D eigenvalue weighted by molar-refractivity contribution is 7.99. The van der Waals surface area contributed by atoms with Crippen LogP contribution in [0.25, 0.3) is 0 Å². The van der Waals surface area contributed by atoms with Crippen LogP contribution < -0.4 is 0 Å². The maximum Gasteiger partial charge on any atom is 0.223 e. The van der Waals surface area contributed by atoms with Gasteiger partial charge in [-0.25, -0.2) is 0 Å². The molecular weight excluding hydrogens is 270 g/mol. The van der Waals surface area contributed by atoms with Crippen molar-refractivity contribution in [2.75, 3.05) is 18.9 Å². The summed E-state index contributed by atoms with van der Waals surface area (Å²) in [6.07, 6.45) is 4.61. The third-order valence-corrected chi connectivity index (χ3v) is 4.75. The van der Waals surface area contributed by atoms with E-state index in [1.165, 1.54) is 11.3 Å². The normalized spacial score (nSPS) is 19.1. The Hall–Kier alpha value is -1.00. The van der Waals surface area contributed by atoms with Crippen LogP contribution in [0, 0.1) is 0 Å². The quantitative estimate of drug-likeness (QED) is 0.820. The molecule has 0 radical (unpaired) electrons. The third kappa shape index (κ3) is 4.53. The summed E-state index contributed by atoms with van der Waals surface area (Å²) < 4.78 is 0. The van der Waals surface area contributed by atoms with Gasteiger partial charge in [-0.15, -0.1) is 11.8 Å². The van der Waals surface area contributed by atoms with Gasteiger partial charge in [0, 0.05) is 36.3 Å². The van der Waals surface area contributed by atoms with Crippen molar-refractivity contribution in [2.24, 2.45) is 0 Å². The van der Waals surface area contributed by atoms with Crippen molar-refractivity contribution in [3.05, 3.63) is 30.3 Å². The van der Waals surface area contributed by atoms with E-state index < -0.39 is 0 Å². The highest BCUT2D eigenvalue weighted by atomic mass is 32.2. The molecule has 0 aliphatic carbocycles. The standard InChI is InChI=1S/C16H23NO2S/c18-12-9-14-6-4-5-11-17(14)16(19)10-13-20-15-7-2-1-3-8-15/h1-3,7-8,14,18H,4-6,9-13H2. The molecule has 20 heavy (non-hydrogen) atoms. The van der Waals surface area contributed by atoms with E-state index in [1.807, 2.05) is 23.1 Å². The third-order valence-electron chi connectivity index (χ3n) is 3.74. The van der Waals surface area contributed by atoms with Gasteiger partial charge >= 0.3 is 0 Å². The number of hydrogen-bond donors (Lipinski definition) is 1. The van der Waals surface area contributed by atoms with Gasteiger partial charge in [0.1, 0.15) is 0 Å². The van der Waals surface area contributed by atoms with Crippen LogP contribution in [0.3, 0.4) is 0 Å². The monoisotopic (exact) mass is 293 g/mol. The smallest absolute Gasteiger partial charge is 0.223 e. The van der Waals surface area contributed by atoms with Gasteiger partial charge in [0.25, 0.3) is 0 Å². The van der Waals surface area contributed by atoms with Crippen molar-refractivity contribution in [1.82, 2.24) is 4.90 Å². The molecule has 0 bridgehead atoms. The summed E-state index contributed by atoms with van der Waals surface area (Å²) in [5, 5.41) is 9.10. The number of nitrogens with zero attached hydrogens (tertiary/aromatic N) is 1. The van der Waals surface area contributed by atoms with E-state index in [2.05, 4.69) is 12.1 Å². The summed E-state index contributed by atoms with van der Waals surface area (Å²) in [5.41, 5.74) is 0. The molecule has 0 aromatic heterocycles. The lowest BCUT2D eigenvalue weighted by Gasteiger charge is -2.35. The fourth-order valence-electron chi connectivity index (χ4n) is 2.69. The average Bonchev–Trinajstić information content (AvgIpc) is 2.49. The first kappa shape index (κ1) is 15.4. The van der Waals surface area contributed by atoms with E-state index in [1.54, 1.807) is 11.8 Å². The van der Waals surface area contributed by atoms with Gasteiger partial charge in [-0.05, 0) is 37.8 Å². The van der Waals surface area contributed by atoms with Gasteiger partial charge in [-0.3, -0.25) is 4.79 Å². The number of carbonyl (C=O) groups excluding carboxylic acids is 1. The van der Waals surface area contributed by atoms with Crippen molar-refractivity contribution < 1.29 is 9.90 Å². The van der Waals surface area contributed by atoms with E-state index in [9.17, 15) is 4.79 Å². The zero-order chi connectivity index (χ0) is 14.2. The molecule has 1 aliphatic rings. The predicted molar refractivity (Wildman–Crippen MR) is 82.8 cm³/mol. The molecule has 1 unspecified atom stereocenters. The number of amides is 1. The minimum absolute atomic E-state index is 0.174. The van der Waals surface area contributed by atoms with Crippen molar-refractivity contribution in [3.63, 3.8) is 0 Å². The van der Waals surface area contributed by atoms with Gasteiger partial charge in [0.15, 0.2) is 0 Å². The molecule has 110 valence electrons. The second kappa shape index (κ2) is 8.32. The van der Waals surface area contributed by atoms with E-state index in [4.69, 9.17) is 5.11 Å². The van der Waals surface area contributed by atoms with E-state index in [0.717, 1.165) is 31.6 Å². The highest BCUT2D eigenvalue weighted by Gasteiger charge is 2.25. The molecule has 1 atom stereocenters. The summed E-state index contributed by atoms with van der Waals surface area (Å²) in [6.45, 7) is 1.03. The molecule has 1 amide bonds. The number of rotatable bonds is 6. The molecule has 0 spiro atoms. The summed E-state index contributed by atoms with van der Waals surface area (Å²) in [4.78, 5) is 15.5. The van der Waals surface area contributed by atoms with Crippen molar-refractivity contribution >= 4 is 17.7 Å². The van der Waals surface area contributed by atoms with Gasteiger partial charge in [0.05, 0.1) is 0 Å². The number of thioether (sulfide) groups is 1. The molecule has 0 saturated carbocycles. The van der Waals surface area contributed by atoms with Crippen LogP contribution in [0.15, 0.2) is 35.2 Å². The zero-order valence-electron chi connectivity index (χ0n) is 11.8. The van der Waals surface area contributed by atoms with Crippen LogP contribution in [-0.2, 0) is 4.79 Å². The Balaban J connectivity index is 1.78. The number of benzene rings is 1. The molecular formula is C16H23NO2S. The highest BCUT2D eigenvalue weighted by Crippen LogP contribution is 2.22. The molecule has 1 aromatic carbocycles. The maximum absolute atomic E-state index is 12.3. The molecule has 1 aromatic rings. The summed E-state index contributed by atoms with van der Waals surface area (Å²) in [7, 11) is 0. The van der Waals surface area contributed by atoms with Crippen LogP contribution >= 0.6 is 11.8 Å². The second-order valence-corrected chi connectivity index (χ2v) is 6.33.